The normalized spacial score (nSPS) is 21.1. The molecule has 0 saturated carbocycles. The number of nitrogens with one attached hydrogen (secondary N) is 1. The predicted octanol–water partition coefficient (Wildman–Crippen LogP) is 6.06. The molecule has 2 aliphatic carbocycles. The van der Waals surface area contributed by atoms with E-state index in [0.29, 0.717) is 30.3 Å². The third-order valence-electron chi connectivity index (χ3n) is 11.0. The summed E-state index contributed by atoms with van der Waals surface area (Å²) in [7, 11) is 0. The molecule has 6 heterocycles. The molecule has 266 valence electrons. The summed E-state index contributed by atoms with van der Waals surface area (Å²) in [4.78, 5) is 38.0. The van der Waals surface area contributed by atoms with Crippen LogP contribution in [0, 0.1) is 18.8 Å². The maximum absolute atomic E-state index is 15.6. The molecule has 2 N–H and O–H groups in total. The van der Waals surface area contributed by atoms with Gasteiger partial charge in [0.05, 0.1) is 12.3 Å². The number of piperidine rings is 1. The van der Waals surface area contributed by atoms with E-state index in [1.807, 2.05) is 48.2 Å². The van der Waals surface area contributed by atoms with Gasteiger partial charge >= 0.3 is 5.97 Å². The maximum Gasteiger partial charge on any atom is 0.325 e. The lowest BCUT2D eigenvalue weighted by molar-refractivity contribution is -0.141. The fourth-order valence-corrected chi connectivity index (χ4v) is 8.67. The molecule has 1 aromatic heterocycles. The molecule has 10 rings (SSSR count). The Morgan fingerprint density at radius 3 is 2.43 bits per heavy atom. The van der Waals surface area contributed by atoms with Crippen LogP contribution in [0.5, 0.6) is 5.75 Å². The van der Waals surface area contributed by atoms with Crippen molar-refractivity contribution in [3.05, 3.63) is 118 Å². The molecule has 1 saturated heterocycles. The Morgan fingerprint density at radius 1 is 1.08 bits per heavy atom. The number of esters is 1. The number of rotatable bonds is 12. The van der Waals surface area contributed by atoms with Crippen molar-refractivity contribution in [2.24, 2.45) is 11.8 Å². The van der Waals surface area contributed by atoms with Crippen molar-refractivity contribution < 1.29 is 33.0 Å². The third kappa shape index (κ3) is 6.01. The zero-order valence-electron chi connectivity index (χ0n) is 29.0. The number of aliphatic hydroxyl groups is 1. The van der Waals surface area contributed by atoms with Gasteiger partial charge in [0.1, 0.15) is 25.6 Å². The van der Waals surface area contributed by atoms with Crippen LogP contribution in [0.3, 0.4) is 0 Å². The molecule has 0 spiro atoms. The standard InChI is InChI=1S/C40H42F2N4O5/c1-4-50-33(48)21-43-38(49)35-36(51-22-26-8-6-5-7-9-26)25(3)44-37(45-35)24(2)40(34-27-10-11-28(34)13-12-27)29-16-18-46(19-17-29)32-15-14-30(40)20-31(32)39(41,42)23-47/h5-15,20,24,29,34,47H,4,16-19,21-23H2,1-3H3,(H,43,49). The minimum Gasteiger partial charge on any atom is -0.485 e. The Balaban J connectivity index is 1.39. The molecule has 6 bridgehead atoms. The van der Waals surface area contributed by atoms with Crippen LogP contribution in [-0.4, -0.2) is 59.8 Å². The summed E-state index contributed by atoms with van der Waals surface area (Å²) in [5, 5.41) is 12.5. The van der Waals surface area contributed by atoms with E-state index in [1.54, 1.807) is 26.0 Å². The van der Waals surface area contributed by atoms with Crippen LogP contribution in [0.25, 0.3) is 0 Å². The van der Waals surface area contributed by atoms with E-state index in [-0.39, 0.29) is 48.6 Å². The van der Waals surface area contributed by atoms with Crippen LogP contribution < -0.4 is 15.0 Å². The van der Waals surface area contributed by atoms with E-state index in [0.717, 1.165) is 35.1 Å². The zero-order chi connectivity index (χ0) is 35.9. The van der Waals surface area contributed by atoms with Crippen LogP contribution in [0.2, 0.25) is 0 Å². The average molecular weight is 697 g/mol. The van der Waals surface area contributed by atoms with E-state index in [9.17, 15) is 14.7 Å². The summed E-state index contributed by atoms with van der Waals surface area (Å²) in [5.74, 6) is -4.71. The van der Waals surface area contributed by atoms with Gasteiger partial charge in [-0.05, 0) is 67.0 Å². The van der Waals surface area contributed by atoms with Crippen LogP contribution in [0.4, 0.5) is 14.5 Å². The van der Waals surface area contributed by atoms with Gasteiger partial charge in [0.25, 0.3) is 11.8 Å². The number of nitrogens with zero attached hydrogens (tertiary/aromatic N) is 3. The molecule has 1 amide bonds. The van der Waals surface area contributed by atoms with Gasteiger partial charge in [0.15, 0.2) is 11.4 Å². The highest BCUT2D eigenvalue weighted by molar-refractivity contribution is 5.96. The number of carbonyl (C=O) groups is 2. The van der Waals surface area contributed by atoms with E-state index in [2.05, 4.69) is 29.6 Å². The topological polar surface area (TPSA) is 114 Å². The van der Waals surface area contributed by atoms with Gasteiger partial charge in [-0.2, -0.15) is 8.78 Å². The fraction of sp³-hybridized carbons (Fsp3) is 0.400. The number of aromatic nitrogens is 2. The molecule has 51 heavy (non-hydrogen) atoms. The third-order valence-corrected chi connectivity index (χ3v) is 11.0. The molecule has 9 nitrogen and oxygen atoms in total. The number of fused-ring (bicyclic) bond motifs is 2. The van der Waals surface area contributed by atoms with Gasteiger partial charge < -0.3 is 24.8 Å². The molecule has 2 unspecified atom stereocenters. The highest BCUT2D eigenvalue weighted by Gasteiger charge is 2.57. The molecule has 7 aliphatic rings. The number of hydrogen-bond acceptors (Lipinski definition) is 8. The van der Waals surface area contributed by atoms with Crippen LogP contribution in [0.15, 0.2) is 84.0 Å². The van der Waals surface area contributed by atoms with E-state index in [1.165, 1.54) is 0 Å². The Hall–Kier alpha value is -4.90. The number of aryl methyl sites for hydroxylation is 1. The average Bonchev–Trinajstić information content (AvgIpc) is 3.78. The molecule has 3 aromatic rings. The summed E-state index contributed by atoms with van der Waals surface area (Å²) >= 11 is 0. The first-order valence-electron chi connectivity index (χ1n) is 17.6. The number of hydrogen-bond donors (Lipinski definition) is 2. The largest absolute Gasteiger partial charge is 0.485 e. The number of halogens is 2. The first-order valence-corrected chi connectivity index (χ1v) is 17.6. The summed E-state index contributed by atoms with van der Waals surface area (Å²) < 4.78 is 42.5. The molecule has 11 heteroatoms. The van der Waals surface area contributed by atoms with Gasteiger partial charge in [-0.3, -0.25) is 9.59 Å². The fourth-order valence-electron chi connectivity index (χ4n) is 8.67. The molecule has 2 aromatic carbocycles. The highest BCUT2D eigenvalue weighted by atomic mass is 19.3. The molecule has 0 radical (unpaired) electrons. The lowest BCUT2D eigenvalue weighted by Crippen LogP contribution is -2.50. The number of carbonyl (C=O) groups excluding carboxylic acids is 2. The number of ether oxygens (including phenoxy) is 2. The van der Waals surface area contributed by atoms with Crippen molar-refractivity contribution in [1.29, 1.82) is 0 Å². The Labute approximate surface area is 296 Å². The van der Waals surface area contributed by atoms with Crippen molar-refractivity contribution in [3.8, 4) is 5.75 Å². The Morgan fingerprint density at radius 2 is 1.78 bits per heavy atom. The number of amides is 1. The highest BCUT2D eigenvalue weighted by Crippen LogP contribution is 2.61. The maximum atomic E-state index is 15.6. The van der Waals surface area contributed by atoms with Crippen LogP contribution in [0.1, 0.15) is 71.3 Å². The SMILES string of the molecule is CCOC(=O)CNC(=O)c1nc(C(C)C2(C3C4=CC=C3C=C4)c3ccc(c(C(F)(F)CO)c3)N3CCC2CC3)nc(C)c1OCc1ccccc1. The molecule has 2 atom stereocenters. The quantitative estimate of drug-likeness (QED) is 0.220. The molecular formula is C40H42F2N4O5. The van der Waals surface area contributed by atoms with E-state index >= 15 is 8.78 Å². The minimum atomic E-state index is -3.46. The van der Waals surface area contributed by atoms with Crippen molar-refractivity contribution in [2.45, 2.75) is 57.5 Å². The first kappa shape index (κ1) is 34.5. The zero-order valence-corrected chi connectivity index (χ0v) is 29.0. The van der Waals surface area contributed by atoms with Crippen molar-refractivity contribution in [1.82, 2.24) is 15.3 Å². The second-order valence-corrected chi connectivity index (χ2v) is 13.7. The van der Waals surface area contributed by atoms with Gasteiger partial charge in [0, 0.05) is 41.6 Å². The number of benzene rings is 2. The number of alkyl halides is 2. The van der Waals surface area contributed by atoms with Gasteiger partial charge in [-0.15, -0.1) is 0 Å². The number of allylic oxidation sites excluding steroid dienone is 6. The second-order valence-electron chi connectivity index (χ2n) is 13.7. The van der Waals surface area contributed by atoms with Crippen LogP contribution >= 0.6 is 0 Å². The predicted molar refractivity (Wildman–Crippen MR) is 188 cm³/mol. The minimum absolute atomic E-state index is 0.0218. The summed E-state index contributed by atoms with van der Waals surface area (Å²) in [6.07, 6.45) is 9.85. The monoisotopic (exact) mass is 696 g/mol. The summed E-state index contributed by atoms with van der Waals surface area (Å²) in [5.41, 5.74) is 3.65. The molecule has 5 aliphatic heterocycles. The first-order chi connectivity index (χ1) is 24.6. The number of anilines is 1. The second kappa shape index (κ2) is 13.7. The molecule has 1 fully saturated rings. The van der Waals surface area contributed by atoms with Crippen molar-refractivity contribution >= 4 is 17.6 Å². The summed E-state index contributed by atoms with van der Waals surface area (Å²) in [6, 6.07) is 14.8. The lowest BCUT2D eigenvalue weighted by atomic mass is 9.52. The lowest BCUT2D eigenvalue weighted by Gasteiger charge is -2.51. The van der Waals surface area contributed by atoms with Gasteiger partial charge in [0.2, 0.25) is 0 Å². The van der Waals surface area contributed by atoms with Gasteiger partial charge in [-0.25, -0.2) is 9.97 Å². The number of aliphatic hydroxyl groups excluding tert-OH is 1. The molecular weight excluding hydrogens is 654 g/mol. The van der Waals surface area contributed by atoms with Gasteiger partial charge in [-0.1, -0.05) is 67.6 Å². The van der Waals surface area contributed by atoms with Crippen molar-refractivity contribution in [3.63, 3.8) is 0 Å². The van der Waals surface area contributed by atoms with Crippen molar-refractivity contribution in [2.75, 3.05) is 37.7 Å². The summed E-state index contributed by atoms with van der Waals surface area (Å²) in [6.45, 7) is 5.31. The smallest absolute Gasteiger partial charge is 0.325 e. The van der Waals surface area contributed by atoms with E-state index < -0.39 is 35.7 Å². The van der Waals surface area contributed by atoms with E-state index in [4.69, 9.17) is 19.4 Å². The Bertz CT molecular complexity index is 1910. The Kier molecular flexibility index (Phi) is 9.26. The van der Waals surface area contributed by atoms with Crippen LogP contribution in [-0.2, 0) is 27.5 Å².